The summed E-state index contributed by atoms with van der Waals surface area (Å²) >= 11 is 0. The highest BCUT2D eigenvalue weighted by molar-refractivity contribution is 5.74. The Labute approximate surface area is 195 Å². The van der Waals surface area contributed by atoms with Crippen LogP contribution in [0.25, 0.3) is 6.08 Å². The smallest absolute Gasteiger partial charge is 0.222 e. The average Bonchev–Trinajstić information content (AvgIpc) is 3.34. The van der Waals surface area contributed by atoms with E-state index in [0.29, 0.717) is 24.7 Å². The maximum atomic E-state index is 12.2. The first kappa shape index (κ1) is 23.0. The van der Waals surface area contributed by atoms with Crippen LogP contribution in [0, 0.1) is 0 Å². The molecule has 0 spiro atoms. The molecule has 0 aliphatic carbocycles. The average molecular weight is 451 g/mol. The number of nitrogen functional groups attached to an aromatic ring is 1. The summed E-state index contributed by atoms with van der Waals surface area (Å²) in [6.45, 7) is 7.53. The third-order valence-electron chi connectivity index (χ3n) is 6.18. The predicted octanol–water partition coefficient (Wildman–Crippen LogP) is 3.47. The Morgan fingerprint density at radius 1 is 1.21 bits per heavy atom. The summed E-state index contributed by atoms with van der Waals surface area (Å²) in [5.74, 6) is 1.71. The van der Waals surface area contributed by atoms with Crippen molar-refractivity contribution in [2.24, 2.45) is 0 Å². The molecule has 2 aromatic rings. The number of anilines is 2. The number of nitrogens with two attached hydrogens (primary N) is 1. The van der Waals surface area contributed by atoms with Gasteiger partial charge in [-0.25, -0.2) is 4.98 Å². The first-order valence-electron chi connectivity index (χ1n) is 11.9. The molecule has 2 aliphatic rings. The molecule has 0 amide bonds. The van der Waals surface area contributed by atoms with Crippen LogP contribution in [0.1, 0.15) is 55.5 Å². The number of fused-ring (bicyclic) bond motifs is 1. The molecule has 8 nitrogen and oxygen atoms in total. The number of hydrogen-bond acceptors (Lipinski definition) is 8. The van der Waals surface area contributed by atoms with Crippen LogP contribution in [-0.4, -0.2) is 58.8 Å². The highest BCUT2D eigenvalue weighted by Crippen LogP contribution is 2.34. The lowest BCUT2D eigenvalue weighted by atomic mass is 10.0. The van der Waals surface area contributed by atoms with E-state index in [2.05, 4.69) is 39.2 Å². The zero-order chi connectivity index (χ0) is 23.0. The summed E-state index contributed by atoms with van der Waals surface area (Å²) in [5, 5.41) is 3.34. The van der Waals surface area contributed by atoms with Gasteiger partial charge in [0.2, 0.25) is 5.95 Å². The third kappa shape index (κ3) is 5.82. The van der Waals surface area contributed by atoms with Crippen molar-refractivity contribution in [1.82, 2.24) is 19.8 Å². The Kier molecular flexibility index (Phi) is 7.78. The molecule has 4 rings (SSSR count). The number of benzene rings is 1. The number of rotatable bonds is 11. The van der Waals surface area contributed by atoms with Crippen molar-refractivity contribution in [3.8, 4) is 5.75 Å². The first-order chi connectivity index (χ1) is 16.2. The zero-order valence-electron chi connectivity index (χ0n) is 19.4. The molecule has 3 N–H and O–H groups in total. The monoisotopic (exact) mass is 450 g/mol. The molecule has 3 heterocycles. The lowest BCUT2D eigenvalue weighted by Crippen LogP contribution is -2.29. The van der Waals surface area contributed by atoms with Crippen LogP contribution in [0.4, 0.5) is 11.8 Å². The van der Waals surface area contributed by atoms with Gasteiger partial charge in [0.1, 0.15) is 30.5 Å². The number of carbonyl (C=O) groups is 1. The van der Waals surface area contributed by atoms with Gasteiger partial charge in [-0.1, -0.05) is 25.5 Å². The SMILES string of the molecule is CCCCNc1nc(N)nc2c1C(C=O)N(Cc1ccc(OCCN3CCCC3)cc1)C=C2. The highest BCUT2D eigenvalue weighted by Gasteiger charge is 2.28. The van der Waals surface area contributed by atoms with Crippen LogP contribution in [0.2, 0.25) is 0 Å². The second-order valence-corrected chi connectivity index (χ2v) is 8.62. The van der Waals surface area contributed by atoms with Gasteiger partial charge in [0.15, 0.2) is 0 Å². The summed E-state index contributed by atoms with van der Waals surface area (Å²) in [7, 11) is 0. The second-order valence-electron chi connectivity index (χ2n) is 8.62. The lowest BCUT2D eigenvalue weighted by Gasteiger charge is -2.32. The number of likely N-dealkylation sites (tertiary alicyclic amines) is 1. The largest absolute Gasteiger partial charge is 0.492 e. The van der Waals surface area contributed by atoms with Crippen LogP contribution < -0.4 is 15.8 Å². The molecule has 1 fully saturated rings. The molecule has 0 bridgehead atoms. The van der Waals surface area contributed by atoms with E-state index in [1.165, 1.54) is 25.9 Å². The maximum absolute atomic E-state index is 12.2. The second kappa shape index (κ2) is 11.1. The van der Waals surface area contributed by atoms with Gasteiger partial charge in [0, 0.05) is 25.8 Å². The van der Waals surface area contributed by atoms with Crippen LogP contribution in [0.5, 0.6) is 5.75 Å². The van der Waals surface area contributed by atoms with Gasteiger partial charge in [-0.15, -0.1) is 0 Å². The molecule has 33 heavy (non-hydrogen) atoms. The van der Waals surface area contributed by atoms with Crippen molar-refractivity contribution in [2.45, 2.75) is 45.2 Å². The molecule has 1 atom stereocenters. The molecule has 1 aromatic carbocycles. The van der Waals surface area contributed by atoms with Gasteiger partial charge in [-0.2, -0.15) is 4.98 Å². The number of aldehydes is 1. The highest BCUT2D eigenvalue weighted by atomic mass is 16.5. The number of carbonyl (C=O) groups excluding carboxylic acids is 1. The van der Waals surface area contributed by atoms with Gasteiger partial charge < -0.3 is 25.5 Å². The van der Waals surface area contributed by atoms with E-state index in [9.17, 15) is 4.79 Å². The van der Waals surface area contributed by atoms with Crippen LogP contribution in [0.3, 0.4) is 0 Å². The standard InChI is InChI=1S/C25H34N6O2/c1-2-3-11-27-24-23-21(28-25(26)29-24)10-14-31(22(23)18-32)17-19-6-8-20(9-7-19)33-16-15-30-12-4-5-13-30/h6-10,14,18,22H,2-5,11-13,15-17H2,1H3,(H3,26,27,28,29). The number of aromatic nitrogens is 2. The first-order valence-corrected chi connectivity index (χ1v) is 11.9. The van der Waals surface area contributed by atoms with E-state index in [4.69, 9.17) is 10.5 Å². The van der Waals surface area contributed by atoms with E-state index in [1.54, 1.807) is 0 Å². The van der Waals surface area contributed by atoms with E-state index in [1.807, 2.05) is 29.3 Å². The Morgan fingerprint density at radius 3 is 2.73 bits per heavy atom. The van der Waals surface area contributed by atoms with Gasteiger partial charge >= 0.3 is 0 Å². The van der Waals surface area contributed by atoms with Gasteiger partial charge in [0.05, 0.1) is 11.3 Å². The van der Waals surface area contributed by atoms with E-state index < -0.39 is 6.04 Å². The van der Waals surface area contributed by atoms with Crippen molar-refractivity contribution in [1.29, 1.82) is 0 Å². The zero-order valence-corrected chi connectivity index (χ0v) is 19.4. The van der Waals surface area contributed by atoms with Crippen molar-refractivity contribution >= 4 is 24.1 Å². The van der Waals surface area contributed by atoms with Crippen LogP contribution >= 0.6 is 0 Å². The molecule has 2 aliphatic heterocycles. The molecule has 176 valence electrons. The Bertz CT molecular complexity index is 956. The van der Waals surface area contributed by atoms with Crippen LogP contribution in [0.15, 0.2) is 30.5 Å². The lowest BCUT2D eigenvalue weighted by molar-refractivity contribution is -0.112. The molecular weight excluding hydrogens is 416 g/mol. The quantitative estimate of drug-likeness (QED) is 0.397. The minimum absolute atomic E-state index is 0.204. The summed E-state index contributed by atoms with van der Waals surface area (Å²) in [6.07, 6.45) is 9.41. The summed E-state index contributed by atoms with van der Waals surface area (Å²) in [5.41, 5.74) is 8.47. The van der Waals surface area contributed by atoms with Gasteiger partial charge in [0.25, 0.3) is 0 Å². The summed E-state index contributed by atoms with van der Waals surface area (Å²) < 4.78 is 5.91. The van der Waals surface area contributed by atoms with E-state index in [0.717, 1.165) is 49.1 Å². The van der Waals surface area contributed by atoms with Crippen molar-refractivity contribution in [3.63, 3.8) is 0 Å². The Morgan fingerprint density at radius 2 is 2.00 bits per heavy atom. The molecule has 0 radical (unpaired) electrons. The summed E-state index contributed by atoms with van der Waals surface area (Å²) in [6, 6.07) is 7.62. The van der Waals surface area contributed by atoms with E-state index in [-0.39, 0.29) is 5.95 Å². The van der Waals surface area contributed by atoms with Crippen molar-refractivity contribution < 1.29 is 9.53 Å². The number of nitrogens with zero attached hydrogens (tertiary/aromatic N) is 4. The fraction of sp³-hybridized carbons (Fsp3) is 0.480. The Balaban J connectivity index is 1.41. The molecule has 1 aromatic heterocycles. The van der Waals surface area contributed by atoms with Crippen molar-refractivity contribution in [2.75, 3.05) is 43.8 Å². The predicted molar refractivity (Wildman–Crippen MR) is 131 cm³/mol. The molecule has 0 saturated carbocycles. The minimum atomic E-state index is -0.480. The third-order valence-corrected chi connectivity index (χ3v) is 6.18. The topological polar surface area (TPSA) is 96.6 Å². The number of unbranched alkanes of at least 4 members (excludes halogenated alkanes) is 1. The number of hydrogen-bond donors (Lipinski definition) is 2. The van der Waals surface area contributed by atoms with Gasteiger partial charge in [-0.3, -0.25) is 4.90 Å². The summed E-state index contributed by atoms with van der Waals surface area (Å²) in [4.78, 5) is 25.3. The Hall–Kier alpha value is -3.13. The van der Waals surface area contributed by atoms with Crippen molar-refractivity contribution in [3.05, 3.63) is 47.3 Å². The van der Waals surface area contributed by atoms with Gasteiger partial charge in [-0.05, 0) is 56.1 Å². The maximum Gasteiger partial charge on any atom is 0.222 e. The molecule has 8 heteroatoms. The minimum Gasteiger partial charge on any atom is -0.492 e. The number of nitrogens with one attached hydrogen (secondary N) is 1. The molecule has 1 unspecified atom stereocenters. The molecular formula is C25H34N6O2. The fourth-order valence-electron chi connectivity index (χ4n) is 4.36. The van der Waals surface area contributed by atoms with E-state index >= 15 is 0 Å². The normalized spacial score (nSPS) is 17.7. The number of ether oxygens (including phenoxy) is 1. The van der Waals surface area contributed by atoms with Crippen LogP contribution in [-0.2, 0) is 11.3 Å². The fourth-order valence-corrected chi connectivity index (χ4v) is 4.36. The molecule has 1 saturated heterocycles.